The minimum Gasteiger partial charge on any atom is -0.457 e. The molecule has 5 nitrogen and oxygen atoms in total. The monoisotopic (exact) mass is 481 g/mol. The topological polar surface area (TPSA) is 72.5 Å². The Hall–Kier alpha value is -3.09. The molecule has 7 heteroatoms. The van der Waals surface area contributed by atoms with Gasteiger partial charge in [-0.2, -0.15) is 0 Å². The second-order valence-electron chi connectivity index (χ2n) is 7.43. The molecule has 0 bridgehead atoms. The van der Waals surface area contributed by atoms with Crippen LogP contribution in [0.4, 0.5) is 5.69 Å². The molecular weight excluding hydrogens is 458 g/mol. The van der Waals surface area contributed by atoms with E-state index in [0.29, 0.717) is 22.7 Å². The molecule has 0 aliphatic heterocycles. The third-order valence-electron chi connectivity index (χ3n) is 4.71. The quantitative estimate of drug-likeness (QED) is 0.270. The van der Waals surface area contributed by atoms with Crippen molar-refractivity contribution in [2.24, 2.45) is 0 Å². The average molecular weight is 482 g/mol. The summed E-state index contributed by atoms with van der Waals surface area (Å²) in [4.78, 5) is 38.2. The van der Waals surface area contributed by atoms with Crippen LogP contribution in [0.2, 0.25) is 5.02 Å². The Morgan fingerprint density at radius 3 is 2.09 bits per heavy atom. The molecule has 1 amide bonds. The number of nitrogens with one attached hydrogen (secondary N) is 1. The highest BCUT2D eigenvalue weighted by Gasteiger charge is 2.11. The van der Waals surface area contributed by atoms with Crippen molar-refractivity contribution in [3.63, 3.8) is 0 Å². The van der Waals surface area contributed by atoms with Crippen LogP contribution < -0.4 is 5.32 Å². The van der Waals surface area contributed by atoms with E-state index < -0.39 is 5.97 Å². The molecule has 1 N–H and O–H groups in total. The van der Waals surface area contributed by atoms with Gasteiger partial charge in [-0.05, 0) is 74.0 Å². The fourth-order valence-electron chi connectivity index (χ4n) is 2.90. The lowest BCUT2D eigenvalue weighted by Gasteiger charge is -2.07. The van der Waals surface area contributed by atoms with Crippen LogP contribution in [0.15, 0.2) is 82.6 Å². The summed E-state index contributed by atoms with van der Waals surface area (Å²) in [6, 6.07) is 22.3. The van der Waals surface area contributed by atoms with E-state index in [1.165, 1.54) is 5.56 Å². The van der Waals surface area contributed by atoms with Gasteiger partial charge in [0.05, 0.1) is 0 Å². The molecule has 3 rings (SSSR count). The van der Waals surface area contributed by atoms with Gasteiger partial charge < -0.3 is 10.1 Å². The van der Waals surface area contributed by atoms with Crippen LogP contribution in [0.5, 0.6) is 0 Å². The van der Waals surface area contributed by atoms with E-state index in [1.54, 1.807) is 36.0 Å². The molecule has 0 unspecified atom stereocenters. The molecule has 0 aromatic heterocycles. The first kappa shape index (κ1) is 24.6. The SMILES string of the molecule is Cc1ccc(Sc2ccc(NC(=O)CCCC(=O)OCC(=O)c3ccc(Cl)cc3)cc2)cc1. The summed E-state index contributed by atoms with van der Waals surface area (Å²) in [5.74, 6) is -0.997. The van der Waals surface area contributed by atoms with E-state index in [0.717, 1.165) is 9.79 Å². The first-order valence-corrected chi connectivity index (χ1v) is 11.7. The number of hydrogen-bond acceptors (Lipinski definition) is 5. The molecule has 0 aliphatic rings. The minimum absolute atomic E-state index is 0.0629. The van der Waals surface area contributed by atoms with Crippen LogP contribution >= 0.6 is 23.4 Å². The van der Waals surface area contributed by atoms with Crippen molar-refractivity contribution in [2.75, 3.05) is 11.9 Å². The smallest absolute Gasteiger partial charge is 0.306 e. The Balaban J connectivity index is 1.35. The molecule has 3 aromatic rings. The van der Waals surface area contributed by atoms with E-state index in [1.807, 2.05) is 24.3 Å². The Kier molecular flexibility index (Phi) is 9.10. The van der Waals surface area contributed by atoms with Gasteiger partial charge in [-0.1, -0.05) is 41.1 Å². The standard InChI is InChI=1S/C26H24ClNO4S/c1-18-5-13-22(14-6-18)33-23-15-11-21(12-16-23)28-25(30)3-2-4-26(31)32-17-24(29)19-7-9-20(27)10-8-19/h5-16H,2-4,17H2,1H3,(H,28,30). The zero-order valence-electron chi connectivity index (χ0n) is 18.2. The minimum atomic E-state index is -0.511. The van der Waals surface area contributed by atoms with Gasteiger partial charge in [0, 0.05) is 38.9 Å². The lowest BCUT2D eigenvalue weighted by Crippen LogP contribution is -2.15. The summed E-state index contributed by atoms with van der Waals surface area (Å²) in [6.45, 7) is 1.72. The van der Waals surface area contributed by atoms with Crippen molar-refractivity contribution in [1.29, 1.82) is 0 Å². The molecule has 0 saturated heterocycles. The van der Waals surface area contributed by atoms with Gasteiger partial charge >= 0.3 is 5.97 Å². The van der Waals surface area contributed by atoms with Crippen LogP contribution in [-0.4, -0.2) is 24.3 Å². The normalized spacial score (nSPS) is 10.5. The molecule has 3 aromatic carbocycles. The van der Waals surface area contributed by atoms with E-state index in [9.17, 15) is 14.4 Å². The van der Waals surface area contributed by atoms with Gasteiger partial charge in [-0.15, -0.1) is 0 Å². The second kappa shape index (κ2) is 12.2. The fraction of sp³-hybridized carbons (Fsp3) is 0.192. The van der Waals surface area contributed by atoms with E-state index >= 15 is 0 Å². The molecule has 0 heterocycles. The number of carbonyl (C=O) groups excluding carboxylic acids is 3. The average Bonchev–Trinajstić information content (AvgIpc) is 2.81. The maximum atomic E-state index is 12.1. The third-order valence-corrected chi connectivity index (χ3v) is 5.98. The Morgan fingerprint density at radius 1 is 0.848 bits per heavy atom. The molecule has 0 fully saturated rings. The maximum absolute atomic E-state index is 12.1. The predicted octanol–water partition coefficient (Wildman–Crippen LogP) is 6.33. The zero-order valence-corrected chi connectivity index (χ0v) is 19.7. The molecular formula is C26H24ClNO4S. The lowest BCUT2D eigenvalue weighted by molar-refractivity contribution is -0.142. The highest BCUT2D eigenvalue weighted by molar-refractivity contribution is 7.99. The number of rotatable bonds is 10. The van der Waals surface area contributed by atoms with Gasteiger partial charge in [-0.3, -0.25) is 14.4 Å². The number of carbonyl (C=O) groups is 3. The molecule has 0 aliphatic carbocycles. The summed E-state index contributed by atoms with van der Waals surface area (Å²) in [7, 11) is 0. The summed E-state index contributed by atoms with van der Waals surface area (Å²) >= 11 is 7.44. The number of anilines is 1. The van der Waals surface area contributed by atoms with Crippen molar-refractivity contribution >= 4 is 46.7 Å². The lowest BCUT2D eigenvalue weighted by atomic mass is 10.1. The number of ketones is 1. The zero-order chi connectivity index (χ0) is 23.6. The first-order valence-electron chi connectivity index (χ1n) is 10.5. The van der Waals surface area contributed by atoms with Gasteiger partial charge in [0.1, 0.15) is 0 Å². The molecule has 33 heavy (non-hydrogen) atoms. The number of halogens is 1. The van der Waals surface area contributed by atoms with Crippen LogP contribution in [-0.2, 0) is 14.3 Å². The Labute approximate surface area is 202 Å². The van der Waals surface area contributed by atoms with Gasteiger partial charge in [-0.25, -0.2) is 0 Å². The molecule has 0 atom stereocenters. The molecule has 170 valence electrons. The molecule has 0 radical (unpaired) electrons. The van der Waals surface area contributed by atoms with Gasteiger partial charge in [0.2, 0.25) is 5.91 Å². The third kappa shape index (κ3) is 8.40. The Bertz CT molecular complexity index is 1100. The number of aryl methyl sites for hydroxylation is 1. The number of amides is 1. The highest BCUT2D eigenvalue weighted by Crippen LogP contribution is 2.28. The first-order chi connectivity index (χ1) is 15.9. The summed E-state index contributed by atoms with van der Waals surface area (Å²) in [5.41, 5.74) is 2.34. The predicted molar refractivity (Wildman–Crippen MR) is 131 cm³/mol. The van der Waals surface area contributed by atoms with Crippen molar-refractivity contribution < 1.29 is 19.1 Å². The van der Waals surface area contributed by atoms with Crippen molar-refractivity contribution in [2.45, 2.75) is 36.0 Å². The van der Waals surface area contributed by atoms with Gasteiger partial charge in [0.15, 0.2) is 12.4 Å². The number of esters is 1. The number of Topliss-reactive ketones (excluding diaryl/α,β-unsaturated/α-hetero) is 1. The number of hydrogen-bond donors (Lipinski definition) is 1. The van der Waals surface area contributed by atoms with Crippen molar-refractivity contribution in [3.8, 4) is 0 Å². The highest BCUT2D eigenvalue weighted by atomic mass is 35.5. The Morgan fingerprint density at radius 2 is 1.45 bits per heavy atom. The molecule has 0 spiro atoms. The van der Waals surface area contributed by atoms with Crippen LogP contribution in [0.1, 0.15) is 35.2 Å². The fourth-order valence-corrected chi connectivity index (χ4v) is 3.85. The van der Waals surface area contributed by atoms with Crippen LogP contribution in [0, 0.1) is 6.92 Å². The summed E-state index contributed by atoms with van der Waals surface area (Å²) in [6.07, 6.45) is 0.578. The van der Waals surface area contributed by atoms with E-state index in [-0.39, 0.29) is 31.1 Å². The summed E-state index contributed by atoms with van der Waals surface area (Å²) < 4.78 is 5.00. The summed E-state index contributed by atoms with van der Waals surface area (Å²) in [5, 5.41) is 3.35. The maximum Gasteiger partial charge on any atom is 0.306 e. The number of benzene rings is 3. The number of ether oxygens (including phenoxy) is 1. The van der Waals surface area contributed by atoms with E-state index in [2.05, 4.69) is 36.5 Å². The van der Waals surface area contributed by atoms with Crippen LogP contribution in [0.25, 0.3) is 0 Å². The molecule has 0 saturated carbocycles. The van der Waals surface area contributed by atoms with E-state index in [4.69, 9.17) is 16.3 Å². The largest absolute Gasteiger partial charge is 0.457 e. The second-order valence-corrected chi connectivity index (χ2v) is 9.02. The van der Waals surface area contributed by atoms with Crippen molar-refractivity contribution in [3.05, 3.63) is 88.9 Å². The van der Waals surface area contributed by atoms with Crippen molar-refractivity contribution in [1.82, 2.24) is 0 Å². The van der Waals surface area contributed by atoms with Gasteiger partial charge in [0.25, 0.3) is 0 Å². The van der Waals surface area contributed by atoms with Crippen LogP contribution in [0.3, 0.4) is 0 Å².